The Bertz CT molecular complexity index is 694. The van der Waals surface area contributed by atoms with Crippen LogP contribution < -0.4 is 10.2 Å². The van der Waals surface area contributed by atoms with Gasteiger partial charge in [-0.15, -0.1) is 0 Å². The van der Waals surface area contributed by atoms with Crippen LogP contribution in [0.5, 0.6) is 0 Å². The molecule has 3 rings (SSSR count). The van der Waals surface area contributed by atoms with Crippen molar-refractivity contribution in [1.29, 1.82) is 0 Å². The van der Waals surface area contributed by atoms with Gasteiger partial charge in [0.15, 0.2) is 5.82 Å². The van der Waals surface area contributed by atoms with Crippen LogP contribution >= 0.6 is 0 Å². The van der Waals surface area contributed by atoms with Crippen molar-refractivity contribution in [2.45, 2.75) is 26.7 Å². The summed E-state index contributed by atoms with van der Waals surface area (Å²) in [6, 6.07) is 11.6. The van der Waals surface area contributed by atoms with Crippen LogP contribution in [-0.2, 0) is 0 Å². The topological polar surface area (TPSA) is 58.1 Å². The van der Waals surface area contributed by atoms with Gasteiger partial charge >= 0.3 is 0 Å². The largest absolute Gasteiger partial charge is 0.356 e. The molecule has 0 saturated carbocycles. The van der Waals surface area contributed by atoms with Gasteiger partial charge in [0.1, 0.15) is 11.5 Å². The van der Waals surface area contributed by atoms with Crippen LogP contribution in [0.1, 0.15) is 37.2 Å². The van der Waals surface area contributed by atoms with Crippen LogP contribution in [0.2, 0.25) is 0 Å². The zero-order valence-electron chi connectivity index (χ0n) is 14.3. The van der Waals surface area contributed by atoms with E-state index >= 15 is 0 Å². The van der Waals surface area contributed by atoms with Gasteiger partial charge in [-0.25, -0.2) is 9.97 Å². The molecule has 1 amide bonds. The number of hydrogen-bond donors (Lipinski definition) is 1. The predicted molar refractivity (Wildman–Crippen MR) is 96.1 cm³/mol. The summed E-state index contributed by atoms with van der Waals surface area (Å²) in [6.07, 6.45) is 2.33. The monoisotopic (exact) mass is 324 g/mol. The Morgan fingerprint density at radius 1 is 1.17 bits per heavy atom. The Kier molecular flexibility index (Phi) is 5.08. The molecular formula is C19H24N4O. The van der Waals surface area contributed by atoms with Gasteiger partial charge in [0.2, 0.25) is 0 Å². The van der Waals surface area contributed by atoms with Crippen LogP contribution in [0.25, 0.3) is 11.4 Å². The van der Waals surface area contributed by atoms with Crippen molar-refractivity contribution >= 4 is 11.7 Å². The van der Waals surface area contributed by atoms with Crippen molar-refractivity contribution in [2.75, 3.05) is 24.5 Å². The Balaban J connectivity index is 1.95. The Labute approximate surface area is 143 Å². The first-order valence-electron chi connectivity index (χ1n) is 8.61. The van der Waals surface area contributed by atoms with E-state index in [0.717, 1.165) is 24.5 Å². The number of carbonyl (C=O) groups is 1. The fraction of sp³-hybridized carbons (Fsp3) is 0.421. The lowest BCUT2D eigenvalue weighted by Crippen LogP contribution is -2.29. The second kappa shape index (κ2) is 7.43. The lowest BCUT2D eigenvalue weighted by Gasteiger charge is -2.18. The van der Waals surface area contributed by atoms with Gasteiger partial charge in [-0.2, -0.15) is 0 Å². The SMILES string of the molecule is CC(C)CNC(=O)c1cc(N2CCCC2)nc(-c2ccccc2)n1. The molecule has 1 aliphatic heterocycles. The number of amides is 1. The molecule has 1 N–H and O–H groups in total. The number of anilines is 1. The smallest absolute Gasteiger partial charge is 0.270 e. The van der Waals surface area contributed by atoms with Gasteiger partial charge in [-0.05, 0) is 18.8 Å². The molecule has 2 heterocycles. The molecule has 1 aromatic heterocycles. The average molecular weight is 324 g/mol. The minimum absolute atomic E-state index is 0.135. The third kappa shape index (κ3) is 3.91. The van der Waals surface area contributed by atoms with Gasteiger partial charge in [-0.3, -0.25) is 4.79 Å². The third-order valence-corrected chi connectivity index (χ3v) is 4.08. The summed E-state index contributed by atoms with van der Waals surface area (Å²) in [5.41, 5.74) is 1.36. The number of carbonyl (C=O) groups excluding carboxylic acids is 1. The van der Waals surface area contributed by atoms with Crippen LogP contribution in [-0.4, -0.2) is 35.5 Å². The van der Waals surface area contributed by atoms with Crippen LogP contribution in [0.15, 0.2) is 36.4 Å². The predicted octanol–water partition coefficient (Wildman–Crippen LogP) is 3.13. The molecule has 1 saturated heterocycles. The summed E-state index contributed by atoms with van der Waals surface area (Å²) in [6.45, 7) is 6.76. The highest BCUT2D eigenvalue weighted by Gasteiger charge is 2.19. The molecule has 0 atom stereocenters. The van der Waals surface area contributed by atoms with Crippen molar-refractivity contribution in [3.8, 4) is 11.4 Å². The highest BCUT2D eigenvalue weighted by Crippen LogP contribution is 2.23. The maximum absolute atomic E-state index is 12.5. The highest BCUT2D eigenvalue weighted by atomic mass is 16.1. The lowest BCUT2D eigenvalue weighted by atomic mass is 10.2. The normalized spacial score (nSPS) is 14.2. The van der Waals surface area contributed by atoms with E-state index in [9.17, 15) is 4.79 Å². The molecule has 0 spiro atoms. The van der Waals surface area contributed by atoms with Gasteiger partial charge in [0.05, 0.1) is 0 Å². The molecule has 1 fully saturated rings. The maximum Gasteiger partial charge on any atom is 0.270 e. The van der Waals surface area contributed by atoms with E-state index in [0.29, 0.717) is 24.0 Å². The summed E-state index contributed by atoms with van der Waals surface area (Å²) >= 11 is 0. The molecule has 24 heavy (non-hydrogen) atoms. The zero-order chi connectivity index (χ0) is 16.9. The van der Waals surface area contributed by atoms with E-state index in [-0.39, 0.29) is 5.91 Å². The van der Waals surface area contributed by atoms with Crippen LogP contribution in [0, 0.1) is 5.92 Å². The molecule has 0 bridgehead atoms. The number of nitrogens with one attached hydrogen (secondary N) is 1. The quantitative estimate of drug-likeness (QED) is 0.918. The van der Waals surface area contributed by atoms with E-state index in [1.807, 2.05) is 36.4 Å². The molecule has 0 unspecified atom stereocenters. The van der Waals surface area contributed by atoms with Crippen molar-refractivity contribution in [1.82, 2.24) is 15.3 Å². The first-order chi connectivity index (χ1) is 11.6. The number of aromatic nitrogens is 2. The summed E-state index contributed by atoms with van der Waals surface area (Å²) < 4.78 is 0. The first kappa shape index (κ1) is 16.4. The maximum atomic E-state index is 12.5. The lowest BCUT2D eigenvalue weighted by molar-refractivity contribution is 0.0944. The Morgan fingerprint density at radius 3 is 2.54 bits per heavy atom. The van der Waals surface area contributed by atoms with Crippen molar-refractivity contribution in [3.63, 3.8) is 0 Å². The fourth-order valence-electron chi connectivity index (χ4n) is 2.76. The van der Waals surface area contributed by atoms with Crippen LogP contribution in [0.4, 0.5) is 5.82 Å². The van der Waals surface area contributed by atoms with E-state index in [1.165, 1.54) is 12.8 Å². The van der Waals surface area contributed by atoms with Crippen molar-refractivity contribution in [2.24, 2.45) is 5.92 Å². The molecule has 126 valence electrons. The second-order valence-electron chi connectivity index (χ2n) is 6.60. The summed E-state index contributed by atoms with van der Waals surface area (Å²) in [4.78, 5) is 23.9. The number of nitrogens with zero attached hydrogens (tertiary/aromatic N) is 3. The third-order valence-electron chi connectivity index (χ3n) is 4.08. The van der Waals surface area contributed by atoms with E-state index < -0.39 is 0 Å². The molecule has 0 aliphatic carbocycles. The van der Waals surface area contributed by atoms with E-state index in [1.54, 1.807) is 0 Å². The average Bonchev–Trinajstić information content (AvgIpc) is 3.14. The minimum Gasteiger partial charge on any atom is -0.356 e. The van der Waals surface area contributed by atoms with Gasteiger partial charge in [0.25, 0.3) is 5.91 Å². The molecule has 5 heteroatoms. The molecular weight excluding hydrogens is 300 g/mol. The van der Waals surface area contributed by atoms with E-state index in [2.05, 4.69) is 29.0 Å². The summed E-state index contributed by atoms with van der Waals surface area (Å²) in [5.74, 6) is 1.72. The van der Waals surface area contributed by atoms with Gasteiger partial charge in [0, 0.05) is 31.3 Å². The first-order valence-corrected chi connectivity index (χ1v) is 8.61. The Hall–Kier alpha value is -2.43. The molecule has 0 radical (unpaired) electrons. The molecule has 2 aromatic rings. The van der Waals surface area contributed by atoms with Crippen molar-refractivity contribution in [3.05, 3.63) is 42.1 Å². The zero-order valence-corrected chi connectivity index (χ0v) is 14.3. The van der Waals surface area contributed by atoms with Crippen LogP contribution in [0.3, 0.4) is 0 Å². The standard InChI is InChI=1S/C19H24N4O/c1-14(2)13-20-19(24)16-12-17(23-10-6-7-11-23)22-18(21-16)15-8-4-3-5-9-15/h3-5,8-9,12,14H,6-7,10-11,13H2,1-2H3,(H,20,24). The van der Waals surface area contributed by atoms with Gasteiger partial charge < -0.3 is 10.2 Å². The number of benzene rings is 1. The summed E-state index contributed by atoms with van der Waals surface area (Å²) in [5, 5.41) is 2.95. The summed E-state index contributed by atoms with van der Waals surface area (Å²) in [7, 11) is 0. The second-order valence-corrected chi connectivity index (χ2v) is 6.60. The number of hydrogen-bond acceptors (Lipinski definition) is 4. The minimum atomic E-state index is -0.135. The fourth-order valence-corrected chi connectivity index (χ4v) is 2.76. The van der Waals surface area contributed by atoms with Gasteiger partial charge in [-0.1, -0.05) is 44.2 Å². The van der Waals surface area contributed by atoms with Crippen molar-refractivity contribution < 1.29 is 4.79 Å². The molecule has 1 aromatic carbocycles. The molecule has 1 aliphatic rings. The molecule has 5 nitrogen and oxygen atoms in total. The highest BCUT2D eigenvalue weighted by molar-refractivity contribution is 5.93. The Morgan fingerprint density at radius 2 is 1.88 bits per heavy atom. The number of rotatable bonds is 5. The van der Waals surface area contributed by atoms with E-state index in [4.69, 9.17) is 4.98 Å².